The summed E-state index contributed by atoms with van der Waals surface area (Å²) in [5, 5.41) is 8.96. The van der Waals surface area contributed by atoms with Gasteiger partial charge in [0.05, 0.1) is 12.1 Å². The molecule has 1 atom stereocenters. The Morgan fingerprint density at radius 1 is 1.24 bits per heavy atom. The van der Waals surface area contributed by atoms with Crippen LogP contribution in [-0.2, 0) is 0 Å². The van der Waals surface area contributed by atoms with Crippen LogP contribution in [0.3, 0.4) is 0 Å². The number of likely N-dealkylation sites (tertiary alicyclic amines) is 1. The van der Waals surface area contributed by atoms with Gasteiger partial charge in [0.15, 0.2) is 17.5 Å². The number of nitrogens with zero attached hydrogens (tertiary/aromatic N) is 4. The summed E-state index contributed by atoms with van der Waals surface area (Å²) in [6, 6.07) is 3.45. The lowest BCUT2D eigenvalue weighted by Crippen LogP contribution is -2.32. The largest absolute Gasteiger partial charge is 0.470 e. The number of aromatic nitrogens is 2. The van der Waals surface area contributed by atoms with Crippen molar-refractivity contribution < 1.29 is 22.7 Å². The van der Waals surface area contributed by atoms with E-state index >= 15 is 0 Å². The molecule has 1 aromatic heterocycles. The molecule has 6 nitrogen and oxygen atoms in total. The molecule has 1 saturated heterocycles. The normalized spacial score (nSPS) is 16.6. The lowest BCUT2D eigenvalue weighted by molar-refractivity contribution is 0.0765. The second-order valence-corrected chi connectivity index (χ2v) is 5.32. The van der Waals surface area contributed by atoms with Crippen LogP contribution in [0.25, 0.3) is 0 Å². The number of hydrogen-bond donors (Lipinski definition) is 0. The first-order chi connectivity index (χ1) is 12.0. The third kappa shape index (κ3) is 3.24. The fourth-order valence-electron chi connectivity index (χ4n) is 2.52. The molecule has 9 heteroatoms. The molecule has 2 aromatic rings. The van der Waals surface area contributed by atoms with Crippen molar-refractivity contribution in [2.24, 2.45) is 0 Å². The number of benzene rings is 1. The van der Waals surface area contributed by atoms with Crippen LogP contribution in [0.1, 0.15) is 22.5 Å². The van der Waals surface area contributed by atoms with Crippen LogP contribution < -0.4 is 4.74 Å². The van der Waals surface area contributed by atoms with Crippen LogP contribution >= 0.6 is 0 Å². The highest BCUT2D eigenvalue weighted by Gasteiger charge is 2.31. The topological polar surface area (TPSA) is 79.1 Å². The van der Waals surface area contributed by atoms with E-state index in [0.29, 0.717) is 12.5 Å². The predicted molar refractivity (Wildman–Crippen MR) is 78.0 cm³/mol. The summed E-state index contributed by atoms with van der Waals surface area (Å²) in [4.78, 5) is 21.3. The average molecular weight is 348 g/mol. The summed E-state index contributed by atoms with van der Waals surface area (Å²) in [5.74, 6) is -5.28. The molecular formula is C16H11F3N4O2. The summed E-state index contributed by atoms with van der Waals surface area (Å²) < 4.78 is 45.6. The van der Waals surface area contributed by atoms with Crippen molar-refractivity contribution in [1.82, 2.24) is 14.9 Å². The quantitative estimate of drug-likeness (QED) is 0.794. The number of carbonyl (C=O) groups excluding carboxylic acids is 1. The molecule has 0 N–H and O–H groups in total. The van der Waals surface area contributed by atoms with E-state index in [1.165, 1.54) is 17.3 Å². The Hall–Kier alpha value is -3.15. The average Bonchev–Trinajstić information content (AvgIpc) is 3.08. The monoisotopic (exact) mass is 348 g/mol. The molecule has 0 spiro atoms. The number of rotatable bonds is 3. The second-order valence-electron chi connectivity index (χ2n) is 5.32. The van der Waals surface area contributed by atoms with Gasteiger partial charge >= 0.3 is 0 Å². The summed E-state index contributed by atoms with van der Waals surface area (Å²) in [6.45, 7) is 0.336. The first-order valence-electron chi connectivity index (χ1n) is 7.31. The van der Waals surface area contributed by atoms with Gasteiger partial charge in [-0.05, 0) is 12.1 Å². The molecule has 0 radical (unpaired) electrons. The van der Waals surface area contributed by atoms with Gasteiger partial charge in [-0.2, -0.15) is 5.26 Å². The van der Waals surface area contributed by atoms with Crippen molar-refractivity contribution in [2.45, 2.75) is 12.5 Å². The van der Waals surface area contributed by atoms with Crippen LogP contribution in [0.2, 0.25) is 0 Å². The highest BCUT2D eigenvalue weighted by molar-refractivity contribution is 5.94. The molecule has 1 unspecified atom stereocenters. The van der Waals surface area contributed by atoms with Gasteiger partial charge < -0.3 is 9.64 Å². The first-order valence-corrected chi connectivity index (χ1v) is 7.31. The van der Waals surface area contributed by atoms with E-state index in [4.69, 9.17) is 10.00 Å². The van der Waals surface area contributed by atoms with Crippen molar-refractivity contribution in [2.75, 3.05) is 13.1 Å². The van der Waals surface area contributed by atoms with Crippen molar-refractivity contribution in [3.63, 3.8) is 0 Å². The molecule has 2 heterocycles. The molecule has 1 fully saturated rings. The molecule has 1 amide bonds. The maximum absolute atomic E-state index is 13.8. The molecular weight excluding hydrogens is 337 g/mol. The van der Waals surface area contributed by atoms with Crippen molar-refractivity contribution in [3.05, 3.63) is 53.2 Å². The van der Waals surface area contributed by atoms with E-state index in [-0.39, 0.29) is 24.7 Å². The van der Waals surface area contributed by atoms with Crippen LogP contribution in [0.15, 0.2) is 24.5 Å². The van der Waals surface area contributed by atoms with Crippen LogP contribution in [0.5, 0.6) is 5.88 Å². The van der Waals surface area contributed by atoms with Gasteiger partial charge in [0.1, 0.15) is 12.2 Å². The maximum atomic E-state index is 13.8. The molecule has 1 aliphatic rings. The van der Waals surface area contributed by atoms with E-state index in [9.17, 15) is 18.0 Å². The van der Waals surface area contributed by atoms with E-state index in [1.54, 1.807) is 0 Å². The summed E-state index contributed by atoms with van der Waals surface area (Å²) in [6.07, 6.45) is 2.66. The van der Waals surface area contributed by atoms with Gasteiger partial charge in [-0.3, -0.25) is 4.79 Å². The highest BCUT2D eigenvalue weighted by Crippen LogP contribution is 2.22. The Bertz CT molecular complexity index is 869. The van der Waals surface area contributed by atoms with E-state index in [0.717, 1.165) is 6.07 Å². The molecule has 0 aliphatic carbocycles. The van der Waals surface area contributed by atoms with Gasteiger partial charge in [-0.15, -0.1) is 0 Å². The van der Waals surface area contributed by atoms with Crippen molar-refractivity contribution >= 4 is 5.91 Å². The highest BCUT2D eigenvalue weighted by atomic mass is 19.2. The zero-order chi connectivity index (χ0) is 18.0. The Kier molecular flexibility index (Phi) is 4.52. The van der Waals surface area contributed by atoms with Gasteiger partial charge in [0, 0.05) is 25.4 Å². The van der Waals surface area contributed by atoms with Crippen molar-refractivity contribution in [3.8, 4) is 11.9 Å². The molecule has 3 rings (SSSR count). The van der Waals surface area contributed by atoms with Gasteiger partial charge in [0.2, 0.25) is 5.69 Å². The Balaban J connectivity index is 1.72. The minimum Gasteiger partial charge on any atom is -0.470 e. The minimum atomic E-state index is -1.68. The lowest BCUT2D eigenvalue weighted by atomic mass is 10.1. The van der Waals surface area contributed by atoms with E-state index < -0.39 is 35.0 Å². The zero-order valence-electron chi connectivity index (χ0n) is 12.7. The number of carbonyl (C=O) groups is 1. The van der Waals surface area contributed by atoms with Gasteiger partial charge in [0.25, 0.3) is 11.8 Å². The number of amides is 1. The molecule has 0 bridgehead atoms. The zero-order valence-corrected chi connectivity index (χ0v) is 12.7. The minimum absolute atomic E-state index is 0.0129. The number of hydrogen-bond acceptors (Lipinski definition) is 5. The van der Waals surface area contributed by atoms with Crippen LogP contribution in [0, 0.1) is 28.8 Å². The van der Waals surface area contributed by atoms with Crippen LogP contribution in [0.4, 0.5) is 13.2 Å². The first kappa shape index (κ1) is 16.7. The van der Waals surface area contributed by atoms with E-state index in [2.05, 4.69) is 9.97 Å². The lowest BCUT2D eigenvalue weighted by Gasteiger charge is -2.17. The maximum Gasteiger partial charge on any atom is 0.257 e. The Morgan fingerprint density at radius 2 is 2.00 bits per heavy atom. The Morgan fingerprint density at radius 3 is 2.76 bits per heavy atom. The van der Waals surface area contributed by atoms with E-state index in [1.807, 2.05) is 6.07 Å². The number of nitriles is 1. The van der Waals surface area contributed by atoms with Crippen molar-refractivity contribution in [1.29, 1.82) is 5.26 Å². The third-order valence-electron chi connectivity index (χ3n) is 3.75. The summed E-state index contributed by atoms with van der Waals surface area (Å²) >= 11 is 0. The summed E-state index contributed by atoms with van der Waals surface area (Å²) in [7, 11) is 0. The smallest absolute Gasteiger partial charge is 0.257 e. The number of ether oxygens (including phenoxy) is 1. The molecule has 1 aliphatic heterocycles. The Labute approximate surface area is 140 Å². The van der Waals surface area contributed by atoms with Gasteiger partial charge in [-0.25, -0.2) is 23.1 Å². The SMILES string of the molecule is N#Cc1nccnc1OC1CCN(C(=O)c2ccc(F)c(F)c2F)C1. The van der Waals surface area contributed by atoms with Crippen LogP contribution in [-0.4, -0.2) is 40.0 Å². The molecule has 1 aromatic carbocycles. The summed E-state index contributed by atoms with van der Waals surface area (Å²) in [5.41, 5.74) is -0.532. The fourth-order valence-corrected chi connectivity index (χ4v) is 2.52. The molecule has 0 saturated carbocycles. The number of halogens is 3. The standard InChI is InChI=1S/C16H11F3N4O2/c17-11-2-1-10(13(18)14(11)19)16(24)23-6-3-9(8-23)25-15-12(7-20)21-4-5-22-15/h1-2,4-5,9H,3,6,8H2. The third-order valence-corrected chi connectivity index (χ3v) is 3.75. The molecule has 25 heavy (non-hydrogen) atoms. The van der Waals surface area contributed by atoms with Gasteiger partial charge in [-0.1, -0.05) is 0 Å². The molecule has 128 valence electrons. The second kappa shape index (κ2) is 6.76. The fraction of sp³-hybridized carbons (Fsp3) is 0.250. The predicted octanol–water partition coefficient (Wildman–Crippen LogP) is 2.06.